The largest absolute Gasteiger partial charge is 0.368 e. The molecule has 3 aliphatic heterocycles. The van der Waals surface area contributed by atoms with Crippen molar-refractivity contribution >= 4 is 29.2 Å². The van der Waals surface area contributed by atoms with Crippen LogP contribution in [0, 0.1) is 11.2 Å². The Bertz CT molecular complexity index is 1060. The van der Waals surface area contributed by atoms with Crippen molar-refractivity contribution in [1.82, 2.24) is 10.2 Å². The summed E-state index contributed by atoms with van der Waals surface area (Å²) in [5.41, 5.74) is 0.517. The van der Waals surface area contributed by atoms with Gasteiger partial charge in [-0.1, -0.05) is 30.3 Å². The fourth-order valence-corrected chi connectivity index (χ4v) is 5.02. The van der Waals surface area contributed by atoms with Crippen LogP contribution in [0.25, 0.3) is 0 Å². The van der Waals surface area contributed by atoms with Gasteiger partial charge < -0.3 is 9.80 Å². The maximum atomic E-state index is 14.8. The van der Waals surface area contributed by atoms with Crippen LogP contribution in [-0.4, -0.2) is 55.5 Å². The molecule has 1 spiro atoms. The molecule has 1 N–H and O–H groups in total. The molecule has 2 saturated heterocycles. The van der Waals surface area contributed by atoms with Gasteiger partial charge in [0, 0.05) is 32.4 Å². The van der Waals surface area contributed by atoms with Crippen LogP contribution in [0.2, 0.25) is 0 Å². The molecule has 0 aliphatic carbocycles. The zero-order chi connectivity index (χ0) is 21.0. The molecule has 0 bridgehead atoms. The highest BCUT2D eigenvalue weighted by molar-refractivity contribution is 6.20. The van der Waals surface area contributed by atoms with Crippen LogP contribution in [0.4, 0.5) is 20.6 Å². The number of halogens is 1. The quantitative estimate of drug-likeness (QED) is 0.729. The normalized spacial score (nSPS) is 25.9. The Morgan fingerprint density at radius 1 is 1.03 bits per heavy atom. The highest BCUT2D eigenvalue weighted by Crippen LogP contribution is 2.46. The number of hydrogen-bond donors (Lipinski definition) is 1. The van der Waals surface area contributed by atoms with Gasteiger partial charge in [0.25, 0.3) is 0 Å². The molecule has 0 unspecified atom stereocenters. The Hall–Kier alpha value is -3.42. The molecular formula is C22H21FN4O3. The van der Waals surface area contributed by atoms with E-state index < -0.39 is 29.3 Å². The topological polar surface area (TPSA) is 73.0 Å². The van der Waals surface area contributed by atoms with Crippen molar-refractivity contribution in [3.05, 3.63) is 59.9 Å². The van der Waals surface area contributed by atoms with E-state index in [1.54, 1.807) is 12.1 Å². The molecule has 8 heteroatoms. The Morgan fingerprint density at radius 3 is 2.57 bits per heavy atom. The van der Waals surface area contributed by atoms with Gasteiger partial charge in [-0.2, -0.15) is 0 Å². The maximum Gasteiger partial charge on any atom is 0.330 e. The number of nitrogens with one attached hydrogen (secondary N) is 1. The number of benzene rings is 2. The summed E-state index contributed by atoms with van der Waals surface area (Å²) in [5, 5.41) is 2.34. The number of nitrogens with zero attached hydrogens (tertiary/aromatic N) is 3. The Labute approximate surface area is 173 Å². The number of amides is 4. The maximum absolute atomic E-state index is 14.8. The van der Waals surface area contributed by atoms with Crippen molar-refractivity contribution < 1.29 is 18.8 Å². The van der Waals surface area contributed by atoms with Crippen molar-refractivity contribution in [2.45, 2.75) is 12.5 Å². The standard InChI is InChI=1S/C22H21FN4O3/c1-25-20(29)22(19(28)24-21(25)30)12-14-6-5-9-16(23)18(14)27-11-10-26(13-17(22)27)15-7-3-2-4-8-15/h2-9,17H,10-13H2,1H3,(H,24,28,30)/t17-,22+/m0/s1. The Balaban J connectivity index is 1.65. The van der Waals surface area contributed by atoms with E-state index in [2.05, 4.69) is 10.2 Å². The molecule has 0 radical (unpaired) electrons. The predicted octanol–water partition coefficient (Wildman–Crippen LogP) is 1.77. The van der Waals surface area contributed by atoms with Crippen molar-refractivity contribution in [1.29, 1.82) is 0 Å². The first kappa shape index (κ1) is 18.6. The molecule has 3 aliphatic rings. The number of imide groups is 2. The third-order valence-corrected chi connectivity index (χ3v) is 6.51. The molecule has 30 heavy (non-hydrogen) atoms. The average Bonchev–Trinajstić information content (AvgIpc) is 2.76. The van der Waals surface area contributed by atoms with Gasteiger partial charge in [0.2, 0.25) is 11.8 Å². The molecule has 2 atom stereocenters. The van der Waals surface area contributed by atoms with Gasteiger partial charge in [0.1, 0.15) is 5.82 Å². The minimum absolute atomic E-state index is 0.0478. The summed E-state index contributed by atoms with van der Waals surface area (Å²) >= 11 is 0. The molecule has 2 fully saturated rings. The number of fused-ring (bicyclic) bond motifs is 4. The highest BCUT2D eigenvalue weighted by Gasteiger charge is 2.62. The van der Waals surface area contributed by atoms with Crippen LogP contribution in [0.5, 0.6) is 0 Å². The van der Waals surface area contributed by atoms with E-state index >= 15 is 0 Å². The molecule has 5 rings (SSSR count). The lowest BCUT2D eigenvalue weighted by Crippen LogP contribution is -2.74. The number of urea groups is 1. The molecule has 0 aromatic heterocycles. The lowest BCUT2D eigenvalue weighted by molar-refractivity contribution is -0.152. The number of carbonyl (C=O) groups excluding carboxylic acids is 3. The zero-order valence-corrected chi connectivity index (χ0v) is 16.5. The molecule has 4 amide bonds. The first-order valence-electron chi connectivity index (χ1n) is 9.91. The zero-order valence-electron chi connectivity index (χ0n) is 16.5. The molecular weight excluding hydrogens is 387 g/mol. The van der Waals surface area contributed by atoms with E-state index in [0.717, 1.165) is 10.6 Å². The van der Waals surface area contributed by atoms with E-state index in [4.69, 9.17) is 0 Å². The lowest BCUT2D eigenvalue weighted by atomic mass is 9.67. The van der Waals surface area contributed by atoms with Gasteiger partial charge in [-0.05, 0) is 30.2 Å². The van der Waals surface area contributed by atoms with Crippen LogP contribution in [-0.2, 0) is 16.0 Å². The van der Waals surface area contributed by atoms with Crippen LogP contribution in [0.1, 0.15) is 5.56 Å². The number of rotatable bonds is 1. The number of carbonyl (C=O) groups is 3. The monoisotopic (exact) mass is 408 g/mol. The third kappa shape index (κ3) is 2.46. The van der Waals surface area contributed by atoms with Gasteiger partial charge in [-0.3, -0.25) is 19.8 Å². The van der Waals surface area contributed by atoms with Gasteiger partial charge in [-0.25, -0.2) is 9.18 Å². The number of hydrogen-bond acceptors (Lipinski definition) is 5. The molecule has 3 heterocycles. The summed E-state index contributed by atoms with van der Waals surface area (Å²) in [6, 6.07) is 13.1. The summed E-state index contributed by atoms with van der Waals surface area (Å²) in [6.45, 7) is 1.43. The van der Waals surface area contributed by atoms with Crippen molar-refractivity contribution in [2.24, 2.45) is 5.41 Å². The average molecular weight is 408 g/mol. The first-order valence-corrected chi connectivity index (χ1v) is 9.91. The van der Waals surface area contributed by atoms with E-state index in [9.17, 15) is 18.8 Å². The second-order valence-corrected chi connectivity index (χ2v) is 8.01. The number of anilines is 2. The smallest absolute Gasteiger partial charge is 0.330 e. The second kappa shape index (κ2) is 6.55. The van der Waals surface area contributed by atoms with Gasteiger partial charge in [-0.15, -0.1) is 0 Å². The van der Waals surface area contributed by atoms with Crippen LogP contribution in [0.3, 0.4) is 0 Å². The first-order chi connectivity index (χ1) is 14.4. The van der Waals surface area contributed by atoms with Gasteiger partial charge >= 0.3 is 6.03 Å². The number of barbiturate groups is 1. The van der Waals surface area contributed by atoms with Gasteiger partial charge in [0.05, 0.1) is 11.7 Å². The minimum Gasteiger partial charge on any atom is -0.368 e. The lowest BCUT2D eigenvalue weighted by Gasteiger charge is -2.55. The minimum atomic E-state index is -1.50. The van der Waals surface area contributed by atoms with Crippen LogP contribution < -0.4 is 15.1 Å². The van der Waals surface area contributed by atoms with Crippen molar-refractivity contribution in [3.8, 4) is 0 Å². The molecule has 2 aromatic carbocycles. The van der Waals surface area contributed by atoms with Crippen LogP contribution in [0.15, 0.2) is 48.5 Å². The Morgan fingerprint density at radius 2 is 1.80 bits per heavy atom. The molecule has 7 nitrogen and oxygen atoms in total. The Kier molecular flexibility index (Phi) is 4.06. The summed E-state index contributed by atoms with van der Waals surface area (Å²) < 4.78 is 14.8. The van der Waals surface area contributed by atoms with Crippen molar-refractivity contribution in [2.75, 3.05) is 36.5 Å². The SMILES string of the molecule is CN1C(=O)NC(=O)[C@]2(Cc3cccc(F)c3N3CCN(c4ccccc4)C[C@H]32)C1=O. The fraction of sp³-hybridized carbons (Fsp3) is 0.318. The molecule has 0 saturated carbocycles. The fourth-order valence-electron chi connectivity index (χ4n) is 5.02. The number of piperazine rings is 1. The summed E-state index contributed by atoms with van der Waals surface area (Å²) in [6.07, 6.45) is 0.0478. The second-order valence-electron chi connectivity index (χ2n) is 8.01. The van der Waals surface area contributed by atoms with E-state index in [0.29, 0.717) is 30.9 Å². The summed E-state index contributed by atoms with van der Waals surface area (Å²) in [4.78, 5) is 43.6. The van der Waals surface area contributed by atoms with Crippen LogP contribution >= 0.6 is 0 Å². The van der Waals surface area contributed by atoms with E-state index in [1.165, 1.54) is 13.1 Å². The summed E-state index contributed by atoms with van der Waals surface area (Å²) in [5.74, 6) is -1.53. The summed E-state index contributed by atoms with van der Waals surface area (Å²) in [7, 11) is 1.37. The van der Waals surface area contributed by atoms with Crippen molar-refractivity contribution in [3.63, 3.8) is 0 Å². The van der Waals surface area contributed by atoms with E-state index in [1.807, 2.05) is 35.2 Å². The molecule has 2 aromatic rings. The van der Waals surface area contributed by atoms with E-state index in [-0.39, 0.29) is 12.2 Å². The number of para-hydroxylation sites is 2. The highest BCUT2D eigenvalue weighted by atomic mass is 19.1. The predicted molar refractivity (Wildman–Crippen MR) is 109 cm³/mol. The third-order valence-electron chi connectivity index (χ3n) is 6.51. The van der Waals surface area contributed by atoms with Gasteiger partial charge in [0.15, 0.2) is 5.41 Å². The molecule has 154 valence electrons.